The zero-order chi connectivity index (χ0) is 17.1. The van der Waals surface area contributed by atoms with Gasteiger partial charge in [-0.05, 0) is 43.5 Å². The van der Waals surface area contributed by atoms with Crippen LogP contribution in [0.2, 0.25) is 0 Å². The molecule has 25 heavy (non-hydrogen) atoms. The van der Waals surface area contributed by atoms with Gasteiger partial charge in [0.25, 0.3) is 0 Å². The molecule has 0 N–H and O–H groups in total. The molecule has 4 rings (SSSR count). The minimum Gasteiger partial charge on any atom is -0.368 e. The highest BCUT2D eigenvalue weighted by Gasteiger charge is 2.21. The number of piperazine rings is 1. The predicted molar refractivity (Wildman–Crippen MR) is 96.7 cm³/mol. The summed E-state index contributed by atoms with van der Waals surface area (Å²) in [6.45, 7) is 5.50. The minimum atomic E-state index is -0.198. The average molecular weight is 342 g/mol. The summed E-state index contributed by atoms with van der Waals surface area (Å²) in [6.07, 6.45) is 5.50. The van der Waals surface area contributed by atoms with Gasteiger partial charge in [-0.15, -0.1) is 5.10 Å². The Labute approximate surface area is 147 Å². The molecule has 1 aromatic carbocycles. The quantitative estimate of drug-likeness (QED) is 0.853. The van der Waals surface area contributed by atoms with Crippen molar-refractivity contribution in [2.24, 2.45) is 0 Å². The number of rotatable bonds is 3. The molecular weight excluding hydrogens is 319 g/mol. The summed E-state index contributed by atoms with van der Waals surface area (Å²) in [5.74, 6) is 1.45. The third kappa shape index (κ3) is 3.65. The number of halogens is 1. The van der Waals surface area contributed by atoms with Crippen LogP contribution in [0.5, 0.6) is 0 Å². The molecule has 0 aliphatic carbocycles. The third-order valence-electron chi connectivity index (χ3n) is 4.97. The second-order valence-corrected chi connectivity index (χ2v) is 6.61. The van der Waals surface area contributed by atoms with Crippen molar-refractivity contribution < 1.29 is 4.39 Å². The number of piperidine rings is 1. The predicted octanol–water partition coefficient (Wildman–Crippen LogP) is 2.33. The van der Waals surface area contributed by atoms with Crippen LogP contribution in [0.25, 0.3) is 0 Å². The lowest BCUT2D eigenvalue weighted by Gasteiger charge is -2.36. The average Bonchev–Trinajstić information content (AvgIpc) is 2.70. The van der Waals surface area contributed by atoms with Crippen LogP contribution >= 0.6 is 0 Å². The van der Waals surface area contributed by atoms with Gasteiger partial charge >= 0.3 is 0 Å². The first-order valence-electron chi connectivity index (χ1n) is 9.00. The molecule has 0 spiro atoms. The Morgan fingerprint density at radius 3 is 2.16 bits per heavy atom. The molecular formula is C18H23FN6. The van der Waals surface area contributed by atoms with Crippen molar-refractivity contribution >= 4 is 17.5 Å². The van der Waals surface area contributed by atoms with Crippen molar-refractivity contribution in [1.29, 1.82) is 0 Å². The van der Waals surface area contributed by atoms with E-state index in [-0.39, 0.29) is 5.82 Å². The summed E-state index contributed by atoms with van der Waals surface area (Å²) < 4.78 is 13.1. The van der Waals surface area contributed by atoms with Crippen molar-refractivity contribution in [3.8, 4) is 0 Å². The number of hydrogen-bond acceptors (Lipinski definition) is 6. The molecule has 0 atom stereocenters. The molecule has 2 aliphatic heterocycles. The van der Waals surface area contributed by atoms with E-state index in [4.69, 9.17) is 4.98 Å². The minimum absolute atomic E-state index is 0.198. The normalized spacial score (nSPS) is 18.5. The maximum atomic E-state index is 13.1. The summed E-state index contributed by atoms with van der Waals surface area (Å²) in [5, 5.41) is 8.41. The summed E-state index contributed by atoms with van der Waals surface area (Å²) in [7, 11) is 0. The highest BCUT2D eigenvalue weighted by Crippen LogP contribution is 2.21. The number of aromatic nitrogens is 3. The van der Waals surface area contributed by atoms with Gasteiger partial charge in [0.15, 0.2) is 5.82 Å². The van der Waals surface area contributed by atoms with Crippen LogP contribution in [0.4, 0.5) is 21.8 Å². The van der Waals surface area contributed by atoms with Crippen LogP contribution in [0.1, 0.15) is 19.3 Å². The van der Waals surface area contributed by atoms with Gasteiger partial charge in [0.1, 0.15) is 5.82 Å². The Hall–Kier alpha value is -2.44. The molecule has 2 fully saturated rings. The van der Waals surface area contributed by atoms with Crippen molar-refractivity contribution in [3.05, 3.63) is 36.3 Å². The van der Waals surface area contributed by atoms with E-state index >= 15 is 0 Å². The topological polar surface area (TPSA) is 48.4 Å². The van der Waals surface area contributed by atoms with E-state index in [1.54, 1.807) is 6.20 Å². The first kappa shape index (κ1) is 16.1. The molecule has 1 aromatic heterocycles. The standard InChI is InChI=1S/C18H23FN6/c19-15-4-6-16(7-5-15)23-10-12-25(13-11-23)18-21-17(14-20-22-18)24-8-2-1-3-9-24/h4-7,14H,1-3,8-13H2. The van der Waals surface area contributed by atoms with E-state index in [0.717, 1.165) is 50.8 Å². The molecule has 0 saturated carbocycles. The van der Waals surface area contributed by atoms with Crippen molar-refractivity contribution in [2.75, 3.05) is 54.0 Å². The lowest BCUT2D eigenvalue weighted by atomic mass is 10.1. The first-order valence-corrected chi connectivity index (χ1v) is 9.00. The smallest absolute Gasteiger partial charge is 0.247 e. The summed E-state index contributed by atoms with van der Waals surface area (Å²) >= 11 is 0. The maximum absolute atomic E-state index is 13.1. The van der Waals surface area contributed by atoms with Gasteiger partial charge in [-0.25, -0.2) is 4.39 Å². The van der Waals surface area contributed by atoms with Gasteiger partial charge in [-0.1, -0.05) is 0 Å². The molecule has 2 saturated heterocycles. The molecule has 6 nitrogen and oxygen atoms in total. The fourth-order valence-electron chi connectivity index (χ4n) is 3.51. The summed E-state index contributed by atoms with van der Waals surface area (Å²) in [6, 6.07) is 6.69. The molecule has 2 aromatic rings. The van der Waals surface area contributed by atoms with E-state index in [9.17, 15) is 4.39 Å². The molecule has 0 unspecified atom stereocenters. The monoisotopic (exact) mass is 342 g/mol. The number of anilines is 3. The molecule has 2 aliphatic rings. The van der Waals surface area contributed by atoms with E-state index in [0.29, 0.717) is 5.95 Å². The Bertz CT molecular complexity index is 693. The van der Waals surface area contributed by atoms with E-state index in [1.165, 1.54) is 31.4 Å². The first-order chi connectivity index (χ1) is 12.3. The highest BCUT2D eigenvalue weighted by molar-refractivity contribution is 5.49. The fraction of sp³-hybridized carbons (Fsp3) is 0.500. The zero-order valence-electron chi connectivity index (χ0n) is 14.3. The largest absolute Gasteiger partial charge is 0.368 e. The third-order valence-corrected chi connectivity index (χ3v) is 4.97. The molecule has 0 amide bonds. The second kappa shape index (κ2) is 7.21. The van der Waals surface area contributed by atoms with E-state index in [2.05, 4.69) is 24.9 Å². The Morgan fingerprint density at radius 1 is 0.760 bits per heavy atom. The van der Waals surface area contributed by atoms with Crippen molar-refractivity contribution in [2.45, 2.75) is 19.3 Å². The van der Waals surface area contributed by atoms with Gasteiger partial charge in [0, 0.05) is 45.0 Å². The number of benzene rings is 1. The molecule has 132 valence electrons. The fourth-order valence-corrected chi connectivity index (χ4v) is 3.51. The van der Waals surface area contributed by atoms with Crippen LogP contribution in [0.3, 0.4) is 0 Å². The number of hydrogen-bond donors (Lipinski definition) is 0. The zero-order valence-corrected chi connectivity index (χ0v) is 14.3. The van der Waals surface area contributed by atoms with Crippen LogP contribution in [0, 0.1) is 5.82 Å². The molecule has 7 heteroatoms. The molecule has 3 heterocycles. The van der Waals surface area contributed by atoms with Gasteiger partial charge < -0.3 is 14.7 Å². The van der Waals surface area contributed by atoms with E-state index in [1.807, 2.05) is 12.1 Å². The molecule has 0 radical (unpaired) electrons. The highest BCUT2D eigenvalue weighted by atomic mass is 19.1. The lowest BCUT2D eigenvalue weighted by Crippen LogP contribution is -2.47. The van der Waals surface area contributed by atoms with Crippen molar-refractivity contribution in [1.82, 2.24) is 15.2 Å². The van der Waals surface area contributed by atoms with Gasteiger partial charge in [0.05, 0.1) is 6.20 Å². The van der Waals surface area contributed by atoms with Crippen LogP contribution in [0.15, 0.2) is 30.5 Å². The Kier molecular flexibility index (Phi) is 4.63. The number of nitrogens with zero attached hydrogens (tertiary/aromatic N) is 6. The Morgan fingerprint density at radius 2 is 1.44 bits per heavy atom. The van der Waals surface area contributed by atoms with Crippen LogP contribution in [-0.4, -0.2) is 54.4 Å². The molecule has 0 bridgehead atoms. The summed E-state index contributed by atoms with van der Waals surface area (Å²) in [5.41, 5.74) is 1.06. The van der Waals surface area contributed by atoms with Crippen molar-refractivity contribution in [3.63, 3.8) is 0 Å². The van der Waals surface area contributed by atoms with Crippen LogP contribution < -0.4 is 14.7 Å². The van der Waals surface area contributed by atoms with Gasteiger partial charge in [0.2, 0.25) is 5.95 Å². The second-order valence-electron chi connectivity index (χ2n) is 6.61. The SMILES string of the molecule is Fc1ccc(N2CCN(c3nncc(N4CCCCC4)n3)CC2)cc1. The lowest BCUT2D eigenvalue weighted by molar-refractivity contribution is 0.569. The van der Waals surface area contributed by atoms with Crippen LogP contribution in [-0.2, 0) is 0 Å². The van der Waals surface area contributed by atoms with E-state index < -0.39 is 0 Å². The maximum Gasteiger partial charge on any atom is 0.247 e. The Balaban J connectivity index is 1.41. The summed E-state index contributed by atoms with van der Waals surface area (Å²) in [4.78, 5) is 11.5. The van der Waals surface area contributed by atoms with Gasteiger partial charge in [-0.2, -0.15) is 10.1 Å². The van der Waals surface area contributed by atoms with Gasteiger partial charge in [-0.3, -0.25) is 0 Å².